The molecule has 0 aliphatic heterocycles. The molecule has 3 N–H and O–H groups in total. The van der Waals surface area contributed by atoms with Gasteiger partial charge < -0.3 is 15.8 Å². The summed E-state index contributed by atoms with van der Waals surface area (Å²) in [5.41, 5.74) is 7.71. The van der Waals surface area contributed by atoms with Gasteiger partial charge in [-0.05, 0) is 50.1 Å². The van der Waals surface area contributed by atoms with Crippen LogP contribution in [-0.4, -0.2) is 29.6 Å². The molecule has 0 amide bonds. The molecule has 5 heteroatoms. The lowest BCUT2D eigenvalue weighted by atomic mass is 10.1. The first-order valence-corrected chi connectivity index (χ1v) is 8.63. The Morgan fingerprint density at radius 2 is 2.24 bits per heavy atom. The van der Waals surface area contributed by atoms with Gasteiger partial charge in [0.2, 0.25) is 0 Å². The number of esters is 1. The number of ether oxygens (including phenoxy) is 1. The molecule has 0 saturated heterocycles. The number of nitrogens with two attached hydrogens (primary N) is 1. The maximum atomic E-state index is 11.9. The van der Waals surface area contributed by atoms with Crippen LogP contribution in [0.4, 0.5) is 11.4 Å². The summed E-state index contributed by atoms with van der Waals surface area (Å²) in [7, 11) is 0. The van der Waals surface area contributed by atoms with Crippen molar-refractivity contribution in [3.63, 3.8) is 0 Å². The molecule has 0 heterocycles. The van der Waals surface area contributed by atoms with Gasteiger partial charge >= 0.3 is 5.97 Å². The SMILES string of the molecule is CCOC(=O)c1cc(NC2CCC(SCC)C2)ccc1N. The second kappa shape index (κ2) is 7.59. The number of benzene rings is 1. The van der Waals surface area contributed by atoms with E-state index in [1.54, 1.807) is 19.1 Å². The van der Waals surface area contributed by atoms with Crippen LogP contribution in [0.1, 0.15) is 43.5 Å². The maximum Gasteiger partial charge on any atom is 0.340 e. The van der Waals surface area contributed by atoms with Crippen molar-refractivity contribution in [2.24, 2.45) is 0 Å². The molecular weight excluding hydrogens is 284 g/mol. The Morgan fingerprint density at radius 1 is 1.43 bits per heavy atom. The Morgan fingerprint density at radius 3 is 2.95 bits per heavy atom. The summed E-state index contributed by atoms with van der Waals surface area (Å²) in [6.07, 6.45) is 3.62. The lowest BCUT2D eigenvalue weighted by Gasteiger charge is -2.16. The number of carbonyl (C=O) groups excluding carboxylic acids is 1. The Kier molecular flexibility index (Phi) is 5.79. The quantitative estimate of drug-likeness (QED) is 0.622. The first kappa shape index (κ1) is 16.0. The normalized spacial score (nSPS) is 21.2. The first-order valence-electron chi connectivity index (χ1n) is 7.58. The molecule has 1 fully saturated rings. The Hall–Kier alpha value is -1.36. The van der Waals surface area contributed by atoms with Gasteiger partial charge in [-0.25, -0.2) is 4.79 Å². The van der Waals surface area contributed by atoms with Crippen LogP contribution in [0.25, 0.3) is 0 Å². The van der Waals surface area contributed by atoms with Crippen molar-refractivity contribution >= 4 is 29.1 Å². The van der Waals surface area contributed by atoms with Crippen molar-refractivity contribution in [3.05, 3.63) is 23.8 Å². The van der Waals surface area contributed by atoms with E-state index in [1.165, 1.54) is 25.0 Å². The monoisotopic (exact) mass is 308 g/mol. The molecule has 1 aliphatic rings. The Balaban J connectivity index is 2.01. The summed E-state index contributed by atoms with van der Waals surface area (Å²) in [6, 6.07) is 5.97. The number of anilines is 2. The third kappa shape index (κ3) is 4.30. The zero-order valence-corrected chi connectivity index (χ0v) is 13.5. The highest BCUT2D eigenvalue weighted by Gasteiger charge is 2.24. The van der Waals surface area contributed by atoms with Crippen molar-refractivity contribution in [1.82, 2.24) is 0 Å². The molecular formula is C16H24N2O2S. The fraction of sp³-hybridized carbons (Fsp3) is 0.562. The summed E-state index contributed by atoms with van der Waals surface area (Å²) in [5.74, 6) is 0.816. The number of rotatable bonds is 6. The van der Waals surface area contributed by atoms with E-state index < -0.39 is 0 Å². The highest BCUT2D eigenvalue weighted by molar-refractivity contribution is 7.99. The van der Waals surface area contributed by atoms with Gasteiger partial charge in [0.15, 0.2) is 0 Å². The molecule has 1 aliphatic carbocycles. The van der Waals surface area contributed by atoms with E-state index in [1.807, 2.05) is 17.8 Å². The third-order valence-electron chi connectivity index (χ3n) is 3.71. The molecule has 4 nitrogen and oxygen atoms in total. The topological polar surface area (TPSA) is 64.3 Å². The number of hydrogen-bond acceptors (Lipinski definition) is 5. The van der Waals surface area contributed by atoms with Gasteiger partial charge in [-0.3, -0.25) is 0 Å². The predicted molar refractivity (Wildman–Crippen MR) is 90.0 cm³/mol. The molecule has 2 atom stereocenters. The molecule has 1 aromatic carbocycles. The number of hydrogen-bond donors (Lipinski definition) is 2. The number of thioether (sulfide) groups is 1. The maximum absolute atomic E-state index is 11.9. The van der Waals surface area contributed by atoms with E-state index >= 15 is 0 Å². The van der Waals surface area contributed by atoms with E-state index in [4.69, 9.17) is 10.5 Å². The minimum Gasteiger partial charge on any atom is -0.462 e. The summed E-state index contributed by atoms with van der Waals surface area (Å²) < 4.78 is 5.03. The van der Waals surface area contributed by atoms with Gasteiger partial charge in [0.05, 0.1) is 12.2 Å². The molecule has 1 saturated carbocycles. The molecule has 0 bridgehead atoms. The van der Waals surface area contributed by atoms with Crippen LogP contribution in [0.5, 0.6) is 0 Å². The average molecular weight is 308 g/mol. The first-order chi connectivity index (χ1) is 10.1. The van der Waals surface area contributed by atoms with Crippen molar-refractivity contribution < 1.29 is 9.53 Å². The Labute approximate surface area is 130 Å². The lowest BCUT2D eigenvalue weighted by molar-refractivity contribution is 0.0527. The summed E-state index contributed by atoms with van der Waals surface area (Å²) in [5, 5.41) is 4.27. The van der Waals surface area contributed by atoms with Crippen molar-refractivity contribution in [1.29, 1.82) is 0 Å². The average Bonchev–Trinajstić information content (AvgIpc) is 2.89. The highest BCUT2D eigenvalue weighted by Crippen LogP contribution is 2.32. The van der Waals surface area contributed by atoms with Crippen molar-refractivity contribution in [2.75, 3.05) is 23.4 Å². The van der Waals surface area contributed by atoms with Crippen LogP contribution < -0.4 is 11.1 Å². The molecule has 0 spiro atoms. The number of nitrogens with one attached hydrogen (secondary N) is 1. The molecule has 0 radical (unpaired) electrons. The minimum absolute atomic E-state index is 0.356. The zero-order chi connectivity index (χ0) is 15.2. The van der Waals surface area contributed by atoms with Gasteiger partial charge in [-0.2, -0.15) is 11.8 Å². The summed E-state index contributed by atoms with van der Waals surface area (Å²) in [6.45, 7) is 4.35. The second-order valence-electron chi connectivity index (χ2n) is 5.25. The van der Waals surface area contributed by atoms with E-state index in [0.717, 1.165) is 10.9 Å². The van der Waals surface area contributed by atoms with E-state index in [2.05, 4.69) is 12.2 Å². The van der Waals surface area contributed by atoms with Gasteiger partial charge in [-0.15, -0.1) is 0 Å². The summed E-state index contributed by atoms with van der Waals surface area (Å²) in [4.78, 5) is 11.9. The minimum atomic E-state index is -0.357. The van der Waals surface area contributed by atoms with Crippen LogP contribution in [-0.2, 0) is 4.74 Å². The molecule has 2 unspecified atom stereocenters. The molecule has 0 aromatic heterocycles. The fourth-order valence-corrected chi connectivity index (χ4v) is 3.87. The van der Waals surface area contributed by atoms with Gasteiger partial charge in [0, 0.05) is 22.7 Å². The van der Waals surface area contributed by atoms with Crippen molar-refractivity contribution in [2.45, 2.75) is 44.4 Å². The van der Waals surface area contributed by atoms with Crippen LogP contribution in [0.15, 0.2) is 18.2 Å². The van der Waals surface area contributed by atoms with Crippen LogP contribution in [0.3, 0.4) is 0 Å². The van der Waals surface area contributed by atoms with Crippen LogP contribution >= 0.6 is 11.8 Å². The van der Waals surface area contributed by atoms with Crippen LogP contribution in [0.2, 0.25) is 0 Å². The third-order valence-corrected chi connectivity index (χ3v) is 4.94. The van der Waals surface area contributed by atoms with E-state index in [0.29, 0.717) is 23.9 Å². The van der Waals surface area contributed by atoms with E-state index in [9.17, 15) is 4.79 Å². The smallest absolute Gasteiger partial charge is 0.340 e. The fourth-order valence-electron chi connectivity index (χ4n) is 2.73. The van der Waals surface area contributed by atoms with Crippen molar-refractivity contribution in [3.8, 4) is 0 Å². The molecule has 116 valence electrons. The standard InChI is InChI=1S/C16H24N2O2S/c1-3-20-16(19)14-10-12(6-8-15(14)17)18-11-5-7-13(9-11)21-4-2/h6,8,10-11,13,18H,3-5,7,9,17H2,1-2H3. The highest BCUT2D eigenvalue weighted by atomic mass is 32.2. The summed E-state index contributed by atoms with van der Waals surface area (Å²) >= 11 is 2.04. The molecule has 2 rings (SSSR count). The zero-order valence-electron chi connectivity index (χ0n) is 12.7. The molecule has 1 aromatic rings. The van der Waals surface area contributed by atoms with Gasteiger partial charge in [-0.1, -0.05) is 6.92 Å². The number of nitrogen functional groups attached to an aromatic ring is 1. The van der Waals surface area contributed by atoms with Gasteiger partial charge in [0.25, 0.3) is 0 Å². The predicted octanol–water partition coefficient (Wildman–Crippen LogP) is 3.53. The number of carbonyl (C=O) groups is 1. The van der Waals surface area contributed by atoms with E-state index in [-0.39, 0.29) is 5.97 Å². The van der Waals surface area contributed by atoms with Crippen LogP contribution in [0, 0.1) is 0 Å². The lowest BCUT2D eigenvalue weighted by Crippen LogP contribution is -2.17. The molecule has 21 heavy (non-hydrogen) atoms. The largest absolute Gasteiger partial charge is 0.462 e. The second-order valence-corrected chi connectivity index (χ2v) is 6.83. The Bertz CT molecular complexity index is 493. The van der Waals surface area contributed by atoms with Gasteiger partial charge in [0.1, 0.15) is 0 Å².